The number of benzene rings is 2. The molecule has 0 fully saturated rings. The molecule has 0 unspecified atom stereocenters. The van der Waals surface area contributed by atoms with Gasteiger partial charge in [0.1, 0.15) is 0 Å². The summed E-state index contributed by atoms with van der Waals surface area (Å²) in [7, 11) is 0. The minimum absolute atomic E-state index is 0.223. The molecule has 0 aliphatic carbocycles. The van der Waals surface area contributed by atoms with Crippen LogP contribution in [0.25, 0.3) is 5.57 Å². The Balaban J connectivity index is 2.07. The molecule has 0 radical (unpaired) electrons. The lowest BCUT2D eigenvalue weighted by Crippen LogP contribution is -2.31. The maximum Gasteiger partial charge on any atom is 0.272 e. The summed E-state index contributed by atoms with van der Waals surface area (Å²) in [6.07, 6.45) is 0. The maximum absolute atomic E-state index is 13.3. The van der Waals surface area contributed by atoms with Crippen LogP contribution in [0.5, 0.6) is 0 Å². The van der Waals surface area contributed by atoms with E-state index in [0.717, 1.165) is 22.4 Å². The minimum Gasteiger partial charge on any atom is -0.268 e. The van der Waals surface area contributed by atoms with Gasteiger partial charge in [-0.05, 0) is 54.3 Å². The van der Waals surface area contributed by atoms with Gasteiger partial charge in [0.25, 0.3) is 11.8 Å². The van der Waals surface area contributed by atoms with E-state index in [-0.39, 0.29) is 11.8 Å². The third-order valence-corrected chi connectivity index (χ3v) is 5.76. The van der Waals surface area contributed by atoms with Crippen LogP contribution in [0, 0.1) is 13.8 Å². The summed E-state index contributed by atoms with van der Waals surface area (Å²) < 4.78 is 0. The molecule has 0 N–H and O–H groups in total. The van der Waals surface area contributed by atoms with E-state index in [2.05, 4.69) is 19.9 Å². The summed E-state index contributed by atoms with van der Waals surface area (Å²) >= 11 is 1.44. The molecule has 1 heterocycles. The van der Waals surface area contributed by atoms with E-state index in [0.29, 0.717) is 22.1 Å². The Hall–Kier alpha value is -2.33. The normalized spacial score (nSPS) is 14.7. The number of rotatable bonds is 5. The number of hydrogen-bond acceptors (Lipinski definition) is 3. The molecule has 2 amide bonds. The van der Waals surface area contributed by atoms with Crippen LogP contribution in [0.3, 0.4) is 0 Å². The van der Waals surface area contributed by atoms with E-state index in [1.165, 1.54) is 22.2 Å². The second-order valence-corrected chi connectivity index (χ2v) is 8.42. The highest BCUT2D eigenvalue weighted by atomic mass is 32.2. The predicted octanol–water partition coefficient (Wildman–Crippen LogP) is 5.46. The third-order valence-electron chi connectivity index (χ3n) is 4.80. The van der Waals surface area contributed by atoms with Crippen molar-refractivity contribution in [1.29, 1.82) is 0 Å². The van der Waals surface area contributed by atoms with Gasteiger partial charge in [-0.2, -0.15) is 0 Å². The quantitative estimate of drug-likeness (QED) is 0.647. The fourth-order valence-electron chi connectivity index (χ4n) is 3.36. The number of anilines is 1. The van der Waals surface area contributed by atoms with Crippen molar-refractivity contribution in [2.45, 2.75) is 40.5 Å². The number of carbonyl (C=O) groups excluding carboxylic acids is 2. The van der Waals surface area contributed by atoms with Crippen molar-refractivity contribution < 1.29 is 9.59 Å². The van der Waals surface area contributed by atoms with Crippen molar-refractivity contribution in [3.63, 3.8) is 0 Å². The third kappa shape index (κ3) is 3.59. The van der Waals surface area contributed by atoms with Gasteiger partial charge in [-0.15, -0.1) is 11.8 Å². The van der Waals surface area contributed by atoms with E-state index in [4.69, 9.17) is 0 Å². The fourth-order valence-corrected chi connectivity index (χ4v) is 4.21. The van der Waals surface area contributed by atoms with Crippen molar-refractivity contribution in [3.8, 4) is 0 Å². The molecule has 0 saturated carbocycles. The first-order chi connectivity index (χ1) is 12.8. The molecule has 140 valence electrons. The molecular formula is C23H25NO2S. The molecule has 2 aromatic rings. The second kappa shape index (κ2) is 7.73. The van der Waals surface area contributed by atoms with Crippen molar-refractivity contribution in [3.05, 3.63) is 69.6 Å². The number of amides is 2. The fraction of sp³-hybridized carbons (Fsp3) is 0.304. The Morgan fingerprint density at radius 2 is 1.63 bits per heavy atom. The first-order valence-electron chi connectivity index (χ1n) is 9.28. The summed E-state index contributed by atoms with van der Waals surface area (Å²) in [6, 6.07) is 13.7. The van der Waals surface area contributed by atoms with Crippen LogP contribution in [-0.4, -0.2) is 17.6 Å². The van der Waals surface area contributed by atoms with Crippen molar-refractivity contribution in [2.75, 3.05) is 10.7 Å². The van der Waals surface area contributed by atoms with Crippen LogP contribution in [0.15, 0.2) is 47.4 Å². The number of imide groups is 1. The number of thioether (sulfide) groups is 1. The first kappa shape index (κ1) is 19.4. The Labute approximate surface area is 165 Å². The van der Waals surface area contributed by atoms with Gasteiger partial charge in [-0.25, -0.2) is 4.90 Å². The zero-order chi connectivity index (χ0) is 19.7. The molecule has 0 saturated heterocycles. The molecule has 1 aliphatic rings. The van der Waals surface area contributed by atoms with Gasteiger partial charge in [0.05, 0.1) is 16.2 Å². The van der Waals surface area contributed by atoms with Crippen LogP contribution in [0.2, 0.25) is 0 Å². The van der Waals surface area contributed by atoms with Gasteiger partial charge in [-0.3, -0.25) is 9.59 Å². The monoisotopic (exact) mass is 379 g/mol. The summed E-state index contributed by atoms with van der Waals surface area (Å²) in [5.74, 6) is 0.682. The Bertz CT molecular complexity index is 926. The van der Waals surface area contributed by atoms with E-state index in [1.807, 2.05) is 57.2 Å². The molecule has 3 nitrogen and oxygen atoms in total. The smallest absolute Gasteiger partial charge is 0.268 e. The minimum atomic E-state index is -0.236. The van der Waals surface area contributed by atoms with E-state index >= 15 is 0 Å². The molecular weight excluding hydrogens is 354 g/mol. The summed E-state index contributed by atoms with van der Waals surface area (Å²) in [5, 5.41) is 0. The Kier molecular flexibility index (Phi) is 5.56. The van der Waals surface area contributed by atoms with Crippen molar-refractivity contribution >= 4 is 34.8 Å². The van der Waals surface area contributed by atoms with Gasteiger partial charge < -0.3 is 0 Å². The zero-order valence-corrected chi connectivity index (χ0v) is 17.3. The maximum atomic E-state index is 13.3. The average Bonchev–Trinajstić information content (AvgIpc) is 2.86. The summed E-state index contributed by atoms with van der Waals surface area (Å²) in [4.78, 5) is 28.3. The number of nitrogens with zero attached hydrogens (tertiary/aromatic N) is 1. The number of carbonyl (C=O) groups is 2. The van der Waals surface area contributed by atoms with Crippen LogP contribution >= 0.6 is 11.8 Å². The van der Waals surface area contributed by atoms with Gasteiger partial charge in [0, 0.05) is 0 Å². The molecule has 0 bridgehead atoms. The van der Waals surface area contributed by atoms with Gasteiger partial charge in [-0.1, -0.05) is 56.7 Å². The topological polar surface area (TPSA) is 37.4 Å². The van der Waals surface area contributed by atoms with Crippen LogP contribution in [-0.2, 0) is 9.59 Å². The summed E-state index contributed by atoms with van der Waals surface area (Å²) in [6.45, 7) is 10.3. The molecule has 3 rings (SSSR count). The number of aryl methyl sites for hydroxylation is 2. The lowest BCUT2D eigenvalue weighted by atomic mass is 9.98. The Morgan fingerprint density at radius 3 is 2.19 bits per heavy atom. The zero-order valence-electron chi connectivity index (χ0n) is 16.5. The largest absolute Gasteiger partial charge is 0.272 e. The Morgan fingerprint density at radius 1 is 0.963 bits per heavy atom. The van der Waals surface area contributed by atoms with Gasteiger partial charge in [0.15, 0.2) is 0 Å². The number of hydrogen-bond donors (Lipinski definition) is 0. The van der Waals surface area contributed by atoms with Crippen LogP contribution in [0.4, 0.5) is 5.69 Å². The van der Waals surface area contributed by atoms with Crippen LogP contribution in [0.1, 0.15) is 48.9 Å². The van der Waals surface area contributed by atoms with Gasteiger partial charge in [0.2, 0.25) is 0 Å². The first-order valence-corrected chi connectivity index (χ1v) is 10.3. The second-order valence-electron chi connectivity index (χ2n) is 7.15. The molecule has 4 heteroatoms. The standard InChI is InChI=1S/C23H25NO2S/c1-6-27-21-20(19-12-7-15(4)13-16(19)5)22(25)24(23(21)26)18-10-8-17(9-11-18)14(2)3/h7-14H,6H2,1-5H3. The van der Waals surface area contributed by atoms with Crippen molar-refractivity contribution in [2.24, 2.45) is 0 Å². The highest BCUT2D eigenvalue weighted by molar-refractivity contribution is 8.04. The van der Waals surface area contributed by atoms with Gasteiger partial charge >= 0.3 is 0 Å². The molecule has 0 aromatic heterocycles. The SMILES string of the molecule is CCSC1=C(c2ccc(C)cc2C)C(=O)N(c2ccc(C(C)C)cc2)C1=O. The highest BCUT2D eigenvalue weighted by Crippen LogP contribution is 2.39. The highest BCUT2D eigenvalue weighted by Gasteiger charge is 2.40. The lowest BCUT2D eigenvalue weighted by molar-refractivity contribution is -0.119. The molecule has 0 spiro atoms. The van der Waals surface area contributed by atoms with E-state index < -0.39 is 0 Å². The van der Waals surface area contributed by atoms with E-state index in [1.54, 1.807) is 0 Å². The molecule has 1 aliphatic heterocycles. The molecule has 27 heavy (non-hydrogen) atoms. The summed E-state index contributed by atoms with van der Waals surface area (Å²) in [5.41, 5.74) is 5.33. The van der Waals surface area contributed by atoms with Crippen LogP contribution < -0.4 is 4.90 Å². The average molecular weight is 380 g/mol. The predicted molar refractivity (Wildman–Crippen MR) is 114 cm³/mol. The molecule has 0 atom stereocenters. The van der Waals surface area contributed by atoms with E-state index in [9.17, 15) is 9.59 Å². The lowest BCUT2D eigenvalue weighted by Gasteiger charge is -2.16. The van der Waals surface area contributed by atoms with Crippen molar-refractivity contribution in [1.82, 2.24) is 0 Å². The molecule has 2 aromatic carbocycles.